The number of esters is 1. The van der Waals surface area contributed by atoms with Crippen LogP contribution in [0, 0.1) is 0 Å². The predicted octanol–water partition coefficient (Wildman–Crippen LogP) is 5.51. The Balaban J connectivity index is 1.77. The van der Waals surface area contributed by atoms with Gasteiger partial charge in [0.2, 0.25) is 0 Å². The van der Waals surface area contributed by atoms with Crippen molar-refractivity contribution in [2.75, 3.05) is 27.4 Å². The van der Waals surface area contributed by atoms with Gasteiger partial charge in [0.15, 0.2) is 28.8 Å². The molecule has 0 aromatic heterocycles. The number of carbonyl (C=O) groups is 2. The third-order valence-corrected chi connectivity index (χ3v) is 7.27. The fourth-order valence-electron chi connectivity index (χ4n) is 5.35. The molecule has 1 aliphatic heterocycles. The summed E-state index contributed by atoms with van der Waals surface area (Å²) in [6.07, 6.45) is 2.51. The second-order valence-corrected chi connectivity index (χ2v) is 9.78. The van der Waals surface area contributed by atoms with Crippen LogP contribution >= 0.6 is 0 Å². The van der Waals surface area contributed by atoms with Gasteiger partial charge >= 0.3 is 5.97 Å². The lowest BCUT2D eigenvalue weighted by molar-refractivity contribution is -0.139. The first-order chi connectivity index (χ1) is 18.8. The van der Waals surface area contributed by atoms with Crippen LogP contribution < -0.4 is 19.5 Å². The molecule has 0 saturated carbocycles. The number of rotatable bonds is 10. The standard InChI is InChI=1S/C31H37NO7/c1-6-8-13-39-31(35)28-18(3)32-22-14-21(19-10-12-25(36-4)27(16-19)37-5)15-24(34)30(22)29(28)20-9-11-23(33)26(17-20)38-7-2/h9-12,16-17,21,29,32-33H,6-8,13-15H2,1-5H3/t21-,29+/m0/s1. The van der Waals surface area contributed by atoms with Crippen LogP contribution in [0.1, 0.15) is 69.4 Å². The summed E-state index contributed by atoms with van der Waals surface area (Å²) in [6, 6.07) is 10.7. The summed E-state index contributed by atoms with van der Waals surface area (Å²) >= 11 is 0. The van der Waals surface area contributed by atoms with Gasteiger partial charge in [-0.15, -0.1) is 0 Å². The lowest BCUT2D eigenvalue weighted by Crippen LogP contribution is -2.36. The number of aromatic hydroxyl groups is 1. The molecule has 2 N–H and O–H groups in total. The maximum Gasteiger partial charge on any atom is 0.336 e. The van der Waals surface area contributed by atoms with E-state index in [1.807, 2.05) is 39.0 Å². The fraction of sp³-hybridized carbons (Fsp3) is 0.419. The molecule has 8 heteroatoms. The molecule has 2 atom stereocenters. The summed E-state index contributed by atoms with van der Waals surface area (Å²) in [5, 5.41) is 13.7. The molecule has 8 nitrogen and oxygen atoms in total. The van der Waals surface area contributed by atoms with Gasteiger partial charge in [-0.3, -0.25) is 4.79 Å². The van der Waals surface area contributed by atoms with E-state index in [4.69, 9.17) is 18.9 Å². The molecular weight excluding hydrogens is 498 g/mol. The Morgan fingerprint density at radius 3 is 2.41 bits per heavy atom. The highest BCUT2D eigenvalue weighted by Gasteiger charge is 2.41. The molecule has 2 aromatic rings. The van der Waals surface area contributed by atoms with Gasteiger partial charge in [-0.1, -0.05) is 25.5 Å². The summed E-state index contributed by atoms with van der Waals surface area (Å²) in [5.74, 6) is 0.317. The zero-order valence-corrected chi connectivity index (χ0v) is 23.3. The van der Waals surface area contributed by atoms with Crippen LogP contribution in [0.15, 0.2) is 58.9 Å². The SMILES string of the molecule is CCCCOC(=O)C1=C(C)NC2=C(C(=O)C[C@@H](c3ccc(OC)c(OC)c3)C2)[C@@H]1c1ccc(O)c(OCC)c1. The van der Waals surface area contributed by atoms with Gasteiger partial charge in [-0.25, -0.2) is 4.79 Å². The van der Waals surface area contributed by atoms with Gasteiger partial charge in [0.05, 0.1) is 33.0 Å². The number of dihydropyridines is 1. The van der Waals surface area contributed by atoms with Crippen LogP contribution in [0.2, 0.25) is 0 Å². The van der Waals surface area contributed by atoms with E-state index < -0.39 is 11.9 Å². The first kappa shape index (κ1) is 28.1. The smallest absolute Gasteiger partial charge is 0.336 e. The molecule has 208 valence electrons. The predicted molar refractivity (Wildman–Crippen MR) is 147 cm³/mol. The minimum absolute atomic E-state index is 0.000000829. The van der Waals surface area contributed by atoms with Gasteiger partial charge in [-0.2, -0.15) is 0 Å². The van der Waals surface area contributed by atoms with Crippen molar-refractivity contribution in [3.63, 3.8) is 0 Å². The van der Waals surface area contributed by atoms with Crippen molar-refractivity contribution >= 4 is 11.8 Å². The molecule has 0 fully saturated rings. The Morgan fingerprint density at radius 1 is 1.00 bits per heavy atom. The van der Waals surface area contributed by atoms with E-state index in [-0.39, 0.29) is 23.9 Å². The van der Waals surface area contributed by atoms with Gasteiger partial charge in [-0.05, 0) is 68.0 Å². The van der Waals surface area contributed by atoms with Gasteiger partial charge in [0.25, 0.3) is 0 Å². The Labute approximate surface area is 229 Å². The first-order valence-electron chi connectivity index (χ1n) is 13.4. The summed E-state index contributed by atoms with van der Waals surface area (Å²) in [4.78, 5) is 27.3. The van der Waals surface area contributed by atoms with E-state index >= 15 is 0 Å². The minimum atomic E-state index is -0.644. The Hall–Kier alpha value is -3.94. The summed E-state index contributed by atoms with van der Waals surface area (Å²) in [5.41, 5.74) is 4.03. The fourth-order valence-corrected chi connectivity index (χ4v) is 5.35. The summed E-state index contributed by atoms with van der Waals surface area (Å²) in [7, 11) is 3.18. The number of Topliss-reactive ketones (excluding diaryl/α,β-unsaturated/α-hetero) is 1. The maximum absolute atomic E-state index is 13.9. The summed E-state index contributed by atoms with van der Waals surface area (Å²) < 4.78 is 22.1. The van der Waals surface area contributed by atoms with E-state index in [2.05, 4.69) is 5.32 Å². The molecule has 0 spiro atoms. The molecule has 0 amide bonds. The van der Waals surface area contributed by atoms with Crippen molar-refractivity contribution in [2.45, 2.75) is 58.3 Å². The molecule has 2 aromatic carbocycles. The third-order valence-electron chi connectivity index (χ3n) is 7.27. The molecule has 2 aliphatic rings. The average molecular weight is 536 g/mol. The minimum Gasteiger partial charge on any atom is -0.504 e. The zero-order chi connectivity index (χ0) is 28.1. The van der Waals surface area contributed by atoms with Gasteiger partial charge in [0, 0.05) is 29.3 Å². The lowest BCUT2D eigenvalue weighted by atomic mass is 9.71. The Morgan fingerprint density at radius 2 is 1.72 bits per heavy atom. The lowest BCUT2D eigenvalue weighted by Gasteiger charge is -2.37. The number of methoxy groups -OCH3 is 2. The number of carbonyl (C=O) groups excluding carboxylic acids is 2. The number of ketones is 1. The van der Waals surface area contributed by atoms with Crippen molar-refractivity contribution in [1.82, 2.24) is 5.32 Å². The number of ether oxygens (including phenoxy) is 4. The summed E-state index contributed by atoms with van der Waals surface area (Å²) in [6.45, 7) is 6.36. The molecule has 4 rings (SSSR count). The van der Waals surface area contributed by atoms with Crippen LogP contribution in [0.5, 0.6) is 23.0 Å². The number of phenols is 1. The first-order valence-corrected chi connectivity index (χ1v) is 13.4. The number of benzene rings is 2. The molecule has 39 heavy (non-hydrogen) atoms. The van der Waals surface area contributed by atoms with Gasteiger partial charge < -0.3 is 29.4 Å². The topological polar surface area (TPSA) is 103 Å². The van der Waals surface area contributed by atoms with Crippen LogP contribution in [0.4, 0.5) is 0 Å². The number of allylic oxidation sites excluding steroid dienone is 3. The molecule has 0 saturated heterocycles. The number of unbranched alkanes of at least 4 members (excludes halogenated alkanes) is 1. The van der Waals surface area contributed by atoms with Crippen molar-refractivity contribution in [3.8, 4) is 23.0 Å². The third kappa shape index (κ3) is 5.75. The largest absolute Gasteiger partial charge is 0.504 e. The number of phenolic OH excluding ortho intramolecular Hbond substituents is 1. The highest BCUT2D eigenvalue weighted by molar-refractivity contribution is 6.04. The van der Waals surface area contributed by atoms with Gasteiger partial charge in [0.1, 0.15) is 0 Å². The number of hydrogen-bond donors (Lipinski definition) is 2. The van der Waals surface area contributed by atoms with Crippen molar-refractivity contribution in [1.29, 1.82) is 0 Å². The van der Waals surface area contributed by atoms with Crippen LogP contribution in [0.3, 0.4) is 0 Å². The molecular formula is C31H37NO7. The molecule has 1 heterocycles. The normalized spacial score (nSPS) is 18.8. The molecule has 0 unspecified atom stereocenters. The Kier molecular flexibility index (Phi) is 8.84. The molecule has 0 radical (unpaired) electrons. The van der Waals surface area contributed by atoms with E-state index in [0.29, 0.717) is 59.3 Å². The van der Waals surface area contributed by atoms with Crippen LogP contribution in [0.25, 0.3) is 0 Å². The average Bonchev–Trinajstić information content (AvgIpc) is 2.93. The van der Waals surface area contributed by atoms with Crippen molar-refractivity contribution in [2.24, 2.45) is 0 Å². The van der Waals surface area contributed by atoms with E-state index in [0.717, 1.165) is 24.1 Å². The molecule has 1 aliphatic carbocycles. The van der Waals surface area contributed by atoms with Crippen molar-refractivity contribution in [3.05, 3.63) is 70.1 Å². The van der Waals surface area contributed by atoms with E-state index in [1.165, 1.54) is 6.07 Å². The Bertz CT molecular complexity index is 1310. The van der Waals surface area contributed by atoms with E-state index in [1.54, 1.807) is 26.4 Å². The van der Waals surface area contributed by atoms with Crippen molar-refractivity contribution < 1.29 is 33.6 Å². The quantitative estimate of drug-likeness (QED) is 0.303. The van der Waals surface area contributed by atoms with Crippen LogP contribution in [-0.4, -0.2) is 44.3 Å². The number of nitrogens with one attached hydrogen (secondary N) is 1. The second-order valence-electron chi connectivity index (χ2n) is 9.78. The maximum atomic E-state index is 13.9. The highest BCUT2D eigenvalue weighted by Crippen LogP contribution is 2.47. The molecule has 0 bridgehead atoms. The van der Waals surface area contributed by atoms with E-state index in [9.17, 15) is 14.7 Å². The monoisotopic (exact) mass is 535 g/mol. The zero-order valence-electron chi connectivity index (χ0n) is 23.3. The number of hydrogen-bond acceptors (Lipinski definition) is 8. The van der Waals surface area contributed by atoms with Crippen LogP contribution in [-0.2, 0) is 14.3 Å². The second kappa shape index (κ2) is 12.3. The highest BCUT2D eigenvalue weighted by atomic mass is 16.5.